The predicted octanol–water partition coefficient (Wildman–Crippen LogP) is 1.76. The molecule has 0 radical (unpaired) electrons. The third kappa shape index (κ3) is 2.50. The Balaban J connectivity index is 2.67. The van der Waals surface area contributed by atoms with Gasteiger partial charge in [-0.1, -0.05) is 18.2 Å². The fourth-order valence-electron chi connectivity index (χ4n) is 1.07. The Morgan fingerprint density at radius 1 is 1.50 bits per heavy atom. The van der Waals surface area contributed by atoms with Crippen molar-refractivity contribution in [2.24, 2.45) is 0 Å². The zero-order chi connectivity index (χ0) is 10.6. The van der Waals surface area contributed by atoms with E-state index in [2.05, 4.69) is 11.9 Å². The molecule has 76 valence electrons. The molecule has 14 heavy (non-hydrogen) atoms. The highest BCUT2D eigenvalue weighted by atomic mass is 16.3. The van der Waals surface area contributed by atoms with Crippen molar-refractivity contribution in [3.05, 3.63) is 36.4 Å². The Labute approximate surface area is 83.7 Å². The van der Waals surface area contributed by atoms with Crippen molar-refractivity contribution in [2.45, 2.75) is 19.5 Å². The van der Waals surface area contributed by atoms with Gasteiger partial charge in [-0.05, 0) is 13.0 Å². The summed E-state index contributed by atoms with van der Waals surface area (Å²) in [7, 11) is 0. The van der Waals surface area contributed by atoms with E-state index in [0.29, 0.717) is 12.1 Å². The van der Waals surface area contributed by atoms with Crippen LogP contribution in [0.15, 0.2) is 30.9 Å². The van der Waals surface area contributed by atoms with Gasteiger partial charge in [0, 0.05) is 18.2 Å². The number of para-hydroxylation sites is 1. The number of aromatic hydroxyl groups is 2. The minimum Gasteiger partial charge on any atom is -0.504 e. The van der Waals surface area contributed by atoms with Crippen LogP contribution in [-0.4, -0.2) is 16.3 Å². The Kier molecular flexibility index (Phi) is 3.54. The van der Waals surface area contributed by atoms with Crippen molar-refractivity contribution in [1.29, 1.82) is 0 Å². The van der Waals surface area contributed by atoms with Crippen molar-refractivity contribution in [2.75, 3.05) is 0 Å². The topological polar surface area (TPSA) is 52.5 Å². The molecule has 0 aliphatic carbocycles. The second kappa shape index (κ2) is 4.67. The number of benzene rings is 1. The van der Waals surface area contributed by atoms with E-state index in [9.17, 15) is 10.2 Å². The summed E-state index contributed by atoms with van der Waals surface area (Å²) in [6, 6.07) is 5.09. The molecule has 1 unspecified atom stereocenters. The van der Waals surface area contributed by atoms with Crippen LogP contribution in [0.5, 0.6) is 11.5 Å². The third-order valence-corrected chi connectivity index (χ3v) is 2.07. The average Bonchev–Trinajstić information content (AvgIpc) is 2.20. The molecular weight excluding hydrogens is 178 g/mol. The van der Waals surface area contributed by atoms with Gasteiger partial charge in [-0.15, -0.1) is 6.58 Å². The quantitative estimate of drug-likeness (QED) is 0.504. The first-order chi connectivity index (χ1) is 6.65. The van der Waals surface area contributed by atoms with E-state index in [1.807, 2.05) is 6.92 Å². The highest BCUT2D eigenvalue weighted by molar-refractivity contribution is 5.44. The zero-order valence-corrected chi connectivity index (χ0v) is 8.20. The maximum Gasteiger partial charge on any atom is 0.161 e. The first-order valence-corrected chi connectivity index (χ1v) is 4.51. The van der Waals surface area contributed by atoms with E-state index >= 15 is 0 Å². The minimum absolute atomic E-state index is 0.0590. The van der Waals surface area contributed by atoms with Crippen molar-refractivity contribution in [1.82, 2.24) is 5.32 Å². The van der Waals surface area contributed by atoms with Crippen molar-refractivity contribution in [3.8, 4) is 11.5 Å². The van der Waals surface area contributed by atoms with Crippen molar-refractivity contribution < 1.29 is 10.2 Å². The van der Waals surface area contributed by atoms with Crippen LogP contribution in [0.4, 0.5) is 0 Å². The summed E-state index contributed by atoms with van der Waals surface area (Å²) in [5.41, 5.74) is 0.679. The van der Waals surface area contributed by atoms with E-state index in [1.54, 1.807) is 18.2 Å². The van der Waals surface area contributed by atoms with Crippen molar-refractivity contribution >= 4 is 0 Å². The molecule has 3 heteroatoms. The number of rotatable bonds is 4. The van der Waals surface area contributed by atoms with Crippen LogP contribution in [0, 0.1) is 0 Å². The fourth-order valence-corrected chi connectivity index (χ4v) is 1.07. The van der Waals surface area contributed by atoms with Gasteiger partial charge in [-0.25, -0.2) is 0 Å². The van der Waals surface area contributed by atoms with Gasteiger partial charge in [-0.2, -0.15) is 0 Å². The van der Waals surface area contributed by atoms with Crippen molar-refractivity contribution in [3.63, 3.8) is 0 Å². The molecule has 0 saturated heterocycles. The molecule has 1 rings (SSSR count). The van der Waals surface area contributed by atoms with E-state index in [1.165, 1.54) is 6.07 Å². The largest absolute Gasteiger partial charge is 0.504 e. The summed E-state index contributed by atoms with van der Waals surface area (Å²) in [5, 5.41) is 21.8. The number of nitrogens with one attached hydrogen (secondary N) is 1. The second-order valence-electron chi connectivity index (χ2n) is 3.19. The van der Waals surface area contributed by atoms with Gasteiger partial charge in [0.25, 0.3) is 0 Å². The SMILES string of the molecule is C=CC(C)NCc1cccc(O)c1O. The number of hydrogen-bond acceptors (Lipinski definition) is 3. The van der Waals surface area contributed by atoms with Crippen LogP contribution in [0.1, 0.15) is 12.5 Å². The Bertz CT molecular complexity index is 323. The third-order valence-electron chi connectivity index (χ3n) is 2.07. The number of phenolic OH excluding ortho intramolecular Hbond substituents is 2. The van der Waals surface area contributed by atoms with Gasteiger partial charge >= 0.3 is 0 Å². The summed E-state index contributed by atoms with van der Waals surface area (Å²) < 4.78 is 0. The summed E-state index contributed by atoms with van der Waals surface area (Å²) in [6.45, 7) is 6.11. The first kappa shape index (κ1) is 10.6. The van der Waals surface area contributed by atoms with Crippen LogP contribution in [0.25, 0.3) is 0 Å². The Hall–Kier alpha value is -1.48. The molecule has 1 aromatic rings. The molecule has 0 aliphatic heterocycles. The Morgan fingerprint density at radius 2 is 2.21 bits per heavy atom. The van der Waals surface area contributed by atoms with Gasteiger partial charge in [-0.3, -0.25) is 0 Å². The molecule has 1 atom stereocenters. The summed E-state index contributed by atoms with van der Waals surface area (Å²) in [6.07, 6.45) is 1.78. The Morgan fingerprint density at radius 3 is 2.86 bits per heavy atom. The van der Waals surface area contributed by atoms with Crippen LogP contribution in [0.3, 0.4) is 0 Å². The molecule has 0 spiro atoms. The van der Waals surface area contributed by atoms with Gasteiger partial charge in [0.05, 0.1) is 0 Å². The normalized spacial score (nSPS) is 12.4. The zero-order valence-electron chi connectivity index (χ0n) is 8.20. The standard InChI is InChI=1S/C11H15NO2/c1-3-8(2)12-7-9-5-4-6-10(13)11(9)14/h3-6,8,12-14H,1,7H2,2H3. The lowest BCUT2D eigenvalue weighted by Crippen LogP contribution is -2.22. The molecule has 0 aliphatic rings. The molecular formula is C11H15NO2. The van der Waals surface area contributed by atoms with Gasteiger partial charge in [0.1, 0.15) is 0 Å². The first-order valence-electron chi connectivity index (χ1n) is 4.51. The number of phenols is 2. The average molecular weight is 193 g/mol. The molecule has 0 aromatic heterocycles. The maximum absolute atomic E-state index is 9.47. The van der Waals surface area contributed by atoms with E-state index in [0.717, 1.165) is 0 Å². The molecule has 3 nitrogen and oxygen atoms in total. The molecule has 0 bridgehead atoms. The highest BCUT2D eigenvalue weighted by Crippen LogP contribution is 2.27. The summed E-state index contributed by atoms with van der Waals surface area (Å²) in [5.74, 6) is -0.146. The smallest absolute Gasteiger partial charge is 0.161 e. The molecule has 0 heterocycles. The van der Waals surface area contributed by atoms with E-state index in [4.69, 9.17) is 0 Å². The molecule has 0 fully saturated rings. The van der Waals surface area contributed by atoms with Crippen LogP contribution < -0.4 is 5.32 Å². The predicted molar refractivity (Wildman–Crippen MR) is 56.3 cm³/mol. The van der Waals surface area contributed by atoms with E-state index < -0.39 is 0 Å². The lowest BCUT2D eigenvalue weighted by molar-refractivity contribution is 0.397. The van der Waals surface area contributed by atoms with Crippen LogP contribution in [0.2, 0.25) is 0 Å². The lowest BCUT2D eigenvalue weighted by atomic mass is 10.1. The summed E-state index contributed by atoms with van der Waals surface area (Å²) >= 11 is 0. The molecule has 0 amide bonds. The van der Waals surface area contributed by atoms with Gasteiger partial charge in [0.15, 0.2) is 11.5 Å². The summed E-state index contributed by atoms with van der Waals surface area (Å²) in [4.78, 5) is 0. The molecule has 1 aromatic carbocycles. The fraction of sp³-hybridized carbons (Fsp3) is 0.273. The maximum atomic E-state index is 9.47. The van der Waals surface area contributed by atoms with Crippen LogP contribution in [-0.2, 0) is 6.54 Å². The minimum atomic E-state index is -0.0874. The van der Waals surface area contributed by atoms with Gasteiger partial charge < -0.3 is 15.5 Å². The van der Waals surface area contributed by atoms with E-state index in [-0.39, 0.29) is 17.5 Å². The molecule has 3 N–H and O–H groups in total. The number of hydrogen-bond donors (Lipinski definition) is 3. The van der Waals surface area contributed by atoms with Gasteiger partial charge in [0.2, 0.25) is 0 Å². The van der Waals surface area contributed by atoms with Crippen LogP contribution >= 0.6 is 0 Å². The second-order valence-corrected chi connectivity index (χ2v) is 3.19. The highest BCUT2D eigenvalue weighted by Gasteiger charge is 2.05. The molecule has 0 saturated carbocycles. The lowest BCUT2D eigenvalue weighted by Gasteiger charge is -2.10. The monoisotopic (exact) mass is 193 g/mol.